The summed E-state index contributed by atoms with van der Waals surface area (Å²) in [4.78, 5) is 20.3. The summed E-state index contributed by atoms with van der Waals surface area (Å²) in [5, 5.41) is 5.14. The number of aromatic nitrogens is 2. The lowest BCUT2D eigenvalue weighted by Crippen LogP contribution is -2.13. The van der Waals surface area contributed by atoms with Crippen molar-refractivity contribution >= 4 is 39.0 Å². The van der Waals surface area contributed by atoms with Crippen molar-refractivity contribution in [2.45, 2.75) is 11.4 Å². The van der Waals surface area contributed by atoms with Crippen molar-refractivity contribution in [1.29, 1.82) is 0 Å². The summed E-state index contributed by atoms with van der Waals surface area (Å²) in [6.45, 7) is 0.500. The molecular formula is C14H13N3OS2. The molecule has 20 heavy (non-hydrogen) atoms. The number of aromatic amines is 1. The van der Waals surface area contributed by atoms with Gasteiger partial charge in [0.2, 0.25) is 0 Å². The molecule has 0 saturated carbocycles. The zero-order valence-electron chi connectivity index (χ0n) is 10.8. The zero-order valence-corrected chi connectivity index (χ0v) is 12.5. The normalized spacial score (nSPS) is 10.8. The molecule has 0 bridgehead atoms. The average molecular weight is 303 g/mol. The molecule has 2 N–H and O–H groups in total. The number of H-pyrrole nitrogens is 1. The Morgan fingerprint density at radius 2 is 2.10 bits per heavy atom. The maximum atomic E-state index is 11.8. The molecule has 0 atom stereocenters. The first-order chi connectivity index (χ1) is 9.76. The second-order valence-electron chi connectivity index (χ2n) is 4.23. The lowest BCUT2D eigenvalue weighted by Gasteiger charge is -2.06. The molecular weight excluding hydrogens is 290 g/mol. The molecule has 0 aliphatic carbocycles. The maximum absolute atomic E-state index is 11.8. The van der Waals surface area contributed by atoms with Crippen LogP contribution in [0.3, 0.4) is 0 Å². The molecule has 4 nitrogen and oxygen atoms in total. The van der Waals surface area contributed by atoms with Gasteiger partial charge >= 0.3 is 0 Å². The Bertz CT molecular complexity index is 777. The van der Waals surface area contributed by atoms with Crippen LogP contribution in [0.1, 0.15) is 5.82 Å². The lowest BCUT2D eigenvalue weighted by atomic mass is 10.3. The van der Waals surface area contributed by atoms with Gasteiger partial charge in [-0.2, -0.15) is 0 Å². The van der Waals surface area contributed by atoms with Gasteiger partial charge in [-0.1, -0.05) is 0 Å². The van der Waals surface area contributed by atoms with E-state index in [2.05, 4.69) is 27.4 Å². The standard InChI is InChI=1S/C14H13N3OS2/c1-19-10-4-2-9(3-5-10)15-8-12-16-11-6-7-20-13(11)14(18)17-12/h2-7,15H,8H2,1H3,(H,16,17,18). The summed E-state index contributed by atoms with van der Waals surface area (Å²) in [5.74, 6) is 0.648. The number of hydrogen-bond donors (Lipinski definition) is 2. The fourth-order valence-electron chi connectivity index (χ4n) is 1.90. The Labute approximate surface area is 124 Å². The van der Waals surface area contributed by atoms with Gasteiger partial charge in [0.25, 0.3) is 5.56 Å². The summed E-state index contributed by atoms with van der Waals surface area (Å²) in [6, 6.07) is 10.0. The molecule has 0 unspecified atom stereocenters. The summed E-state index contributed by atoms with van der Waals surface area (Å²) < 4.78 is 0.679. The van der Waals surface area contributed by atoms with Crippen LogP contribution in [0.4, 0.5) is 5.69 Å². The van der Waals surface area contributed by atoms with E-state index in [1.165, 1.54) is 16.2 Å². The Balaban J connectivity index is 1.77. The molecule has 0 aliphatic heterocycles. The molecule has 102 valence electrons. The minimum absolute atomic E-state index is 0.0699. The molecule has 6 heteroatoms. The van der Waals surface area contributed by atoms with E-state index in [1.807, 2.05) is 29.8 Å². The molecule has 0 spiro atoms. The van der Waals surface area contributed by atoms with Gasteiger partial charge in [0.05, 0.1) is 12.1 Å². The van der Waals surface area contributed by atoms with Gasteiger partial charge in [0.1, 0.15) is 10.5 Å². The summed E-state index contributed by atoms with van der Waals surface area (Å²) in [7, 11) is 0. The van der Waals surface area contributed by atoms with Gasteiger partial charge in [-0.3, -0.25) is 4.79 Å². The summed E-state index contributed by atoms with van der Waals surface area (Å²) >= 11 is 3.12. The Hall–Kier alpha value is -1.79. The van der Waals surface area contributed by atoms with Gasteiger partial charge in [-0.15, -0.1) is 23.1 Å². The van der Waals surface area contributed by atoms with E-state index in [-0.39, 0.29) is 5.56 Å². The number of thioether (sulfide) groups is 1. The van der Waals surface area contributed by atoms with Crippen molar-refractivity contribution in [2.24, 2.45) is 0 Å². The lowest BCUT2D eigenvalue weighted by molar-refractivity contribution is 0.955. The van der Waals surface area contributed by atoms with Crippen LogP contribution >= 0.6 is 23.1 Å². The van der Waals surface area contributed by atoms with Crippen LogP contribution < -0.4 is 10.9 Å². The number of thiophene rings is 1. The first-order valence-electron chi connectivity index (χ1n) is 6.10. The molecule has 0 amide bonds. The fourth-order valence-corrected chi connectivity index (χ4v) is 3.03. The molecule has 2 aromatic heterocycles. The van der Waals surface area contributed by atoms with Crippen LogP contribution in [0.2, 0.25) is 0 Å². The highest BCUT2D eigenvalue weighted by Gasteiger charge is 2.04. The maximum Gasteiger partial charge on any atom is 0.268 e. The third-order valence-electron chi connectivity index (χ3n) is 2.91. The van der Waals surface area contributed by atoms with Crippen LogP contribution in [-0.2, 0) is 6.54 Å². The first kappa shape index (κ1) is 13.2. The fraction of sp³-hybridized carbons (Fsp3) is 0.143. The van der Waals surface area contributed by atoms with E-state index in [0.29, 0.717) is 17.1 Å². The highest BCUT2D eigenvalue weighted by molar-refractivity contribution is 7.98. The van der Waals surface area contributed by atoms with Crippen molar-refractivity contribution in [3.05, 3.63) is 51.9 Å². The second kappa shape index (κ2) is 5.68. The minimum Gasteiger partial charge on any atom is -0.378 e. The third kappa shape index (κ3) is 2.71. The van der Waals surface area contributed by atoms with Gasteiger partial charge in [0.15, 0.2) is 0 Å². The predicted molar refractivity (Wildman–Crippen MR) is 85.8 cm³/mol. The smallest absolute Gasteiger partial charge is 0.268 e. The Morgan fingerprint density at radius 3 is 2.85 bits per heavy atom. The van der Waals surface area contributed by atoms with Crippen molar-refractivity contribution in [2.75, 3.05) is 11.6 Å². The van der Waals surface area contributed by atoms with E-state index < -0.39 is 0 Å². The van der Waals surface area contributed by atoms with Gasteiger partial charge in [-0.05, 0) is 42.0 Å². The predicted octanol–water partition coefficient (Wildman–Crippen LogP) is 3.32. The highest BCUT2D eigenvalue weighted by Crippen LogP contribution is 2.18. The van der Waals surface area contributed by atoms with Crippen LogP contribution in [0, 0.1) is 0 Å². The van der Waals surface area contributed by atoms with Gasteiger partial charge < -0.3 is 10.3 Å². The number of fused-ring (bicyclic) bond motifs is 1. The highest BCUT2D eigenvalue weighted by atomic mass is 32.2. The SMILES string of the molecule is CSc1ccc(NCc2nc3ccsc3c(=O)[nH]2)cc1. The molecule has 0 aliphatic rings. The topological polar surface area (TPSA) is 57.8 Å². The zero-order chi connectivity index (χ0) is 13.9. The summed E-state index contributed by atoms with van der Waals surface area (Å²) in [6.07, 6.45) is 2.05. The van der Waals surface area contributed by atoms with E-state index in [9.17, 15) is 4.79 Å². The molecule has 2 heterocycles. The Kier molecular flexibility index (Phi) is 3.75. The number of rotatable bonds is 4. The molecule has 0 fully saturated rings. The monoisotopic (exact) mass is 303 g/mol. The van der Waals surface area contributed by atoms with Crippen molar-refractivity contribution in [3.63, 3.8) is 0 Å². The third-order valence-corrected chi connectivity index (χ3v) is 4.56. The van der Waals surface area contributed by atoms with E-state index in [1.54, 1.807) is 11.8 Å². The number of nitrogens with one attached hydrogen (secondary N) is 2. The molecule has 0 radical (unpaired) electrons. The Morgan fingerprint density at radius 1 is 1.30 bits per heavy atom. The molecule has 1 aromatic carbocycles. The molecule has 3 rings (SSSR count). The summed E-state index contributed by atoms with van der Waals surface area (Å²) in [5.41, 5.74) is 1.70. The average Bonchev–Trinajstić information content (AvgIpc) is 2.94. The van der Waals surface area contributed by atoms with Gasteiger partial charge in [0, 0.05) is 10.6 Å². The first-order valence-corrected chi connectivity index (χ1v) is 8.21. The second-order valence-corrected chi connectivity index (χ2v) is 6.03. The van der Waals surface area contributed by atoms with Crippen LogP contribution in [0.15, 0.2) is 45.4 Å². The minimum atomic E-state index is -0.0699. The van der Waals surface area contributed by atoms with Crippen LogP contribution in [-0.4, -0.2) is 16.2 Å². The van der Waals surface area contributed by atoms with E-state index in [4.69, 9.17) is 0 Å². The number of benzene rings is 1. The quantitative estimate of drug-likeness (QED) is 0.726. The number of nitrogens with zero attached hydrogens (tertiary/aromatic N) is 1. The van der Waals surface area contributed by atoms with Crippen LogP contribution in [0.25, 0.3) is 10.2 Å². The van der Waals surface area contributed by atoms with Crippen molar-refractivity contribution < 1.29 is 0 Å². The largest absolute Gasteiger partial charge is 0.378 e. The van der Waals surface area contributed by atoms with Crippen molar-refractivity contribution in [1.82, 2.24) is 9.97 Å². The molecule has 0 saturated heterocycles. The molecule has 3 aromatic rings. The number of hydrogen-bond acceptors (Lipinski definition) is 5. The van der Waals surface area contributed by atoms with Crippen molar-refractivity contribution in [3.8, 4) is 0 Å². The van der Waals surface area contributed by atoms with E-state index in [0.717, 1.165) is 11.2 Å². The van der Waals surface area contributed by atoms with Crippen LogP contribution in [0.5, 0.6) is 0 Å². The number of anilines is 1. The van der Waals surface area contributed by atoms with E-state index >= 15 is 0 Å². The van der Waals surface area contributed by atoms with Gasteiger partial charge in [-0.25, -0.2) is 4.98 Å².